The van der Waals surface area contributed by atoms with Crippen molar-refractivity contribution < 1.29 is 31.4 Å². The Bertz CT molecular complexity index is 121. The van der Waals surface area contributed by atoms with Gasteiger partial charge in [-0.25, -0.2) is 0 Å². The van der Waals surface area contributed by atoms with E-state index in [2.05, 4.69) is 10.6 Å². The van der Waals surface area contributed by atoms with Crippen LogP contribution in [0, 0.1) is 0 Å². The van der Waals surface area contributed by atoms with E-state index in [0.29, 0.717) is 12.1 Å². The molecule has 15 heavy (non-hydrogen) atoms. The van der Waals surface area contributed by atoms with Crippen LogP contribution in [0.2, 0.25) is 0 Å². The summed E-state index contributed by atoms with van der Waals surface area (Å²) in [5.74, 6) is 0. The van der Waals surface area contributed by atoms with E-state index in [-0.39, 0.29) is 31.4 Å². The van der Waals surface area contributed by atoms with E-state index in [0.717, 1.165) is 13.1 Å². The largest absolute Gasteiger partial charge is 2.00 e. The third kappa shape index (κ3) is 5.39. The Morgan fingerprint density at radius 2 is 1.07 bits per heavy atom. The molecule has 2 aliphatic heterocycles. The third-order valence-corrected chi connectivity index (χ3v) is 2.99. The van der Waals surface area contributed by atoms with Crippen molar-refractivity contribution in [2.24, 2.45) is 0 Å². The maximum absolute atomic E-state index is 4.66. The maximum atomic E-state index is 4.66. The van der Waals surface area contributed by atoms with Crippen molar-refractivity contribution >= 4 is 0 Å². The molecule has 5 heteroatoms. The van der Waals surface area contributed by atoms with Gasteiger partial charge < -0.3 is 21.6 Å². The van der Waals surface area contributed by atoms with E-state index in [1.165, 1.54) is 38.5 Å². The zero-order valence-corrected chi connectivity index (χ0v) is 10.6. The predicted octanol–water partition coefficient (Wildman–Crippen LogP) is 1.19. The molecule has 0 aliphatic carbocycles. The van der Waals surface area contributed by atoms with Gasteiger partial charge in [0.1, 0.15) is 0 Å². The molecule has 0 bridgehead atoms. The van der Waals surface area contributed by atoms with Crippen LogP contribution < -0.4 is 0 Å². The summed E-state index contributed by atoms with van der Waals surface area (Å²) in [6, 6.07) is 1.19. The first kappa shape index (κ1) is 17.9. The second-order valence-electron chi connectivity index (χ2n) is 3.94. The third-order valence-electron chi connectivity index (χ3n) is 2.99. The van der Waals surface area contributed by atoms with E-state index < -0.39 is 0 Å². The van der Waals surface area contributed by atoms with Crippen LogP contribution in [0.4, 0.5) is 0 Å². The van der Waals surface area contributed by atoms with Crippen LogP contribution in [0.25, 0.3) is 10.6 Å². The van der Waals surface area contributed by atoms with Crippen LogP contribution >= 0.6 is 0 Å². The van der Waals surface area contributed by atoms with Gasteiger partial charge in [-0.1, -0.05) is 38.5 Å². The zero-order valence-electron chi connectivity index (χ0n) is 9.02. The van der Waals surface area contributed by atoms with Crippen LogP contribution in [0.1, 0.15) is 38.5 Å². The summed E-state index contributed by atoms with van der Waals surface area (Å²) < 4.78 is 0. The Labute approximate surface area is 106 Å². The molecule has 2 rings (SSSR count). The zero-order chi connectivity index (χ0) is 8.23. The summed E-state index contributed by atoms with van der Waals surface area (Å²) in [4.78, 5) is 0. The minimum atomic E-state index is 0. The normalized spacial score (nSPS) is 30.4. The minimum Gasteiger partial charge on any atom is -0.661 e. The van der Waals surface area contributed by atoms with E-state index in [1.54, 1.807) is 0 Å². The smallest absolute Gasteiger partial charge is 0.661 e. The summed E-state index contributed by atoms with van der Waals surface area (Å²) in [6.45, 7) is 2.19. The molecule has 0 saturated carbocycles. The topological polar surface area (TPSA) is 91.2 Å². The van der Waals surface area contributed by atoms with Gasteiger partial charge in [-0.15, -0.1) is 13.1 Å². The van der Waals surface area contributed by atoms with Crippen molar-refractivity contribution in [3.05, 3.63) is 10.6 Å². The van der Waals surface area contributed by atoms with Gasteiger partial charge in [-0.3, -0.25) is 0 Å². The van der Waals surface area contributed by atoms with Gasteiger partial charge in [0.25, 0.3) is 0 Å². The van der Waals surface area contributed by atoms with Crippen molar-refractivity contribution in [2.75, 3.05) is 13.1 Å². The van der Waals surface area contributed by atoms with Crippen LogP contribution in [-0.2, 0) is 20.4 Å². The number of nitrogens with zero attached hydrogens (tertiary/aromatic N) is 2. The first-order valence-corrected chi connectivity index (χ1v) is 5.30. The van der Waals surface area contributed by atoms with E-state index in [4.69, 9.17) is 0 Å². The number of rotatable bonds is 1. The molecular formula is C10H22N2O2Pd. The van der Waals surface area contributed by atoms with Crippen LogP contribution in [0.15, 0.2) is 0 Å². The van der Waals surface area contributed by atoms with Gasteiger partial charge in [0, 0.05) is 0 Å². The van der Waals surface area contributed by atoms with Gasteiger partial charge in [0.15, 0.2) is 0 Å². The summed E-state index contributed by atoms with van der Waals surface area (Å²) in [5, 5.41) is 9.32. The van der Waals surface area contributed by atoms with Gasteiger partial charge in [0.05, 0.1) is 0 Å². The van der Waals surface area contributed by atoms with E-state index in [9.17, 15) is 0 Å². The molecule has 2 saturated heterocycles. The molecule has 0 aromatic carbocycles. The molecule has 94 valence electrons. The predicted molar refractivity (Wildman–Crippen MR) is 59.0 cm³/mol. The summed E-state index contributed by atoms with van der Waals surface area (Å²) in [7, 11) is 0. The fraction of sp³-hybridized carbons (Fsp3) is 1.00. The summed E-state index contributed by atoms with van der Waals surface area (Å²) >= 11 is 0. The number of piperidine rings is 2. The monoisotopic (exact) mass is 308 g/mol. The van der Waals surface area contributed by atoms with Crippen LogP contribution in [0.5, 0.6) is 0 Å². The Hall–Kier alpha value is 0.502. The number of hydrogen-bond donors (Lipinski definition) is 0. The second-order valence-corrected chi connectivity index (χ2v) is 3.94. The molecular weight excluding hydrogens is 287 g/mol. The molecule has 0 aromatic heterocycles. The molecule has 0 amide bonds. The maximum Gasteiger partial charge on any atom is 2.00 e. The SMILES string of the molecule is C1CCC(C2CCCC[N-]2)[N-]C1.O.O.[Pd+2]. The molecule has 4 N–H and O–H groups in total. The molecule has 2 heterocycles. The second kappa shape index (κ2) is 9.71. The van der Waals surface area contributed by atoms with Gasteiger partial charge in [0.2, 0.25) is 0 Å². The quantitative estimate of drug-likeness (QED) is 0.651. The van der Waals surface area contributed by atoms with Gasteiger partial charge in [-0.05, 0) is 0 Å². The molecule has 0 aromatic rings. The van der Waals surface area contributed by atoms with Crippen LogP contribution in [0.3, 0.4) is 0 Å². The fourth-order valence-corrected chi connectivity index (χ4v) is 2.26. The standard InChI is InChI=1S/C10H18N2.2H2O.Pd/c1-3-7-11-9(5-1)10-6-2-4-8-12-10;;;/h9-10H,1-8H2;2*1H2;/q-2;;;+2. The Balaban J connectivity index is 0. The average molecular weight is 309 g/mol. The van der Waals surface area contributed by atoms with Crippen molar-refractivity contribution in [2.45, 2.75) is 50.6 Å². The molecule has 2 fully saturated rings. The van der Waals surface area contributed by atoms with Crippen molar-refractivity contribution in [3.63, 3.8) is 0 Å². The fourth-order valence-electron chi connectivity index (χ4n) is 2.26. The van der Waals surface area contributed by atoms with Crippen molar-refractivity contribution in [3.8, 4) is 0 Å². The number of hydrogen-bond acceptors (Lipinski definition) is 0. The molecule has 2 aliphatic rings. The molecule has 2 unspecified atom stereocenters. The van der Waals surface area contributed by atoms with Crippen LogP contribution in [-0.4, -0.2) is 36.1 Å². The summed E-state index contributed by atoms with van der Waals surface area (Å²) in [6.07, 6.45) is 7.97. The minimum absolute atomic E-state index is 0. The first-order valence-electron chi connectivity index (χ1n) is 5.30. The summed E-state index contributed by atoms with van der Waals surface area (Å²) in [5.41, 5.74) is 0. The van der Waals surface area contributed by atoms with Gasteiger partial charge >= 0.3 is 20.4 Å². The van der Waals surface area contributed by atoms with Crippen molar-refractivity contribution in [1.82, 2.24) is 0 Å². The Kier molecular flexibility index (Phi) is 11.6. The molecule has 0 spiro atoms. The van der Waals surface area contributed by atoms with Crippen molar-refractivity contribution in [1.29, 1.82) is 0 Å². The van der Waals surface area contributed by atoms with E-state index in [1.807, 2.05) is 0 Å². The molecule has 4 nitrogen and oxygen atoms in total. The first-order chi connectivity index (χ1) is 5.97. The van der Waals surface area contributed by atoms with E-state index >= 15 is 0 Å². The average Bonchev–Trinajstić information content (AvgIpc) is 2.21. The van der Waals surface area contributed by atoms with Gasteiger partial charge in [-0.2, -0.15) is 12.1 Å². The Morgan fingerprint density at radius 3 is 1.33 bits per heavy atom. The Morgan fingerprint density at radius 1 is 0.667 bits per heavy atom. The molecule has 2 atom stereocenters. The molecule has 0 radical (unpaired) electrons.